The smallest absolute Gasteiger partial charge is 0.410 e. The van der Waals surface area contributed by atoms with Crippen LogP contribution in [0.2, 0.25) is 0 Å². The minimum Gasteiger partial charge on any atom is -0.410 e. The molecule has 0 saturated carbocycles. The van der Waals surface area contributed by atoms with Gasteiger partial charge in [0, 0.05) is 13.1 Å². The summed E-state index contributed by atoms with van der Waals surface area (Å²) in [6, 6.07) is 8.22. The van der Waals surface area contributed by atoms with Crippen molar-refractivity contribution in [1.82, 2.24) is 10.2 Å². The predicted molar refractivity (Wildman–Crippen MR) is 86.2 cm³/mol. The Hall–Kier alpha value is -2.08. The Labute approximate surface area is 136 Å². The van der Waals surface area contributed by atoms with Crippen LogP contribution in [0.3, 0.4) is 0 Å². The molecule has 1 fully saturated rings. The summed E-state index contributed by atoms with van der Waals surface area (Å²) in [5, 5.41) is 2.70. The lowest BCUT2D eigenvalue weighted by molar-refractivity contribution is -0.137. The standard InChI is InChI=1S/C17H24N2O4/c1-13(2)12-15(16(20)19-8-10-22-11-9-19)18-17(21)23-14-6-4-3-5-7-14/h3-7,13,15H,8-12H2,1-2H3,(H,18,21)/t15-/m1/s1. The van der Waals surface area contributed by atoms with E-state index in [0.717, 1.165) is 0 Å². The molecule has 1 heterocycles. The molecule has 1 aliphatic rings. The van der Waals surface area contributed by atoms with Gasteiger partial charge in [0.15, 0.2) is 0 Å². The highest BCUT2D eigenvalue weighted by molar-refractivity contribution is 5.86. The summed E-state index contributed by atoms with van der Waals surface area (Å²) in [6.07, 6.45) is -0.0384. The van der Waals surface area contributed by atoms with Gasteiger partial charge < -0.3 is 19.7 Å². The molecule has 23 heavy (non-hydrogen) atoms. The summed E-state index contributed by atoms with van der Waals surface area (Å²) in [6.45, 7) is 6.22. The number of morpholine rings is 1. The van der Waals surface area contributed by atoms with Gasteiger partial charge in [-0.15, -0.1) is 0 Å². The van der Waals surface area contributed by atoms with E-state index in [4.69, 9.17) is 9.47 Å². The Balaban J connectivity index is 1.96. The van der Waals surface area contributed by atoms with Crippen molar-refractivity contribution in [3.63, 3.8) is 0 Å². The lowest BCUT2D eigenvalue weighted by Gasteiger charge is -2.31. The zero-order valence-electron chi connectivity index (χ0n) is 13.7. The highest BCUT2D eigenvalue weighted by Crippen LogP contribution is 2.12. The molecule has 2 rings (SSSR count). The molecule has 126 valence electrons. The van der Waals surface area contributed by atoms with E-state index in [1.807, 2.05) is 19.9 Å². The lowest BCUT2D eigenvalue weighted by Crippen LogP contribution is -2.52. The maximum Gasteiger partial charge on any atom is 0.413 e. The highest BCUT2D eigenvalue weighted by atomic mass is 16.6. The van der Waals surface area contributed by atoms with Crippen LogP contribution in [0.15, 0.2) is 30.3 Å². The number of nitrogens with zero attached hydrogens (tertiary/aromatic N) is 1. The molecular weight excluding hydrogens is 296 g/mol. The average molecular weight is 320 g/mol. The van der Waals surface area contributed by atoms with Crippen LogP contribution in [-0.4, -0.2) is 49.2 Å². The number of benzene rings is 1. The Morgan fingerprint density at radius 2 is 1.87 bits per heavy atom. The van der Waals surface area contributed by atoms with E-state index < -0.39 is 12.1 Å². The topological polar surface area (TPSA) is 67.9 Å². The van der Waals surface area contributed by atoms with E-state index in [2.05, 4.69) is 5.32 Å². The normalized spacial score (nSPS) is 16.0. The molecule has 1 saturated heterocycles. The summed E-state index contributed by atoms with van der Waals surface area (Å²) in [4.78, 5) is 26.4. The molecule has 2 amide bonds. The summed E-state index contributed by atoms with van der Waals surface area (Å²) in [5.74, 6) is 0.654. The fourth-order valence-corrected chi connectivity index (χ4v) is 2.46. The van der Waals surface area contributed by atoms with Crippen LogP contribution in [0.25, 0.3) is 0 Å². The minimum atomic E-state index is -0.608. The Morgan fingerprint density at radius 1 is 1.22 bits per heavy atom. The number of nitrogens with one attached hydrogen (secondary N) is 1. The highest BCUT2D eigenvalue weighted by Gasteiger charge is 2.28. The van der Waals surface area contributed by atoms with Gasteiger partial charge in [-0.05, 0) is 24.5 Å². The Morgan fingerprint density at radius 3 is 2.48 bits per heavy atom. The molecule has 1 aromatic rings. The van der Waals surface area contributed by atoms with Gasteiger partial charge in [-0.3, -0.25) is 4.79 Å². The van der Waals surface area contributed by atoms with Crippen LogP contribution in [-0.2, 0) is 9.53 Å². The molecule has 0 radical (unpaired) electrons. The number of carbonyl (C=O) groups is 2. The number of hydrogen-bond acceptors (Lipinski definition) is 4. The molecule has 0 bridgehead atoms. The van der Waals surface area contributed by atoms with Crippen LogP contribution in [0, 0.1) is 5.92 Å². The molecule has 6 heteroatoms. The summed E-state index contributed by atoms with van der Waals surface area (Å²) in [7, 11) is 0. The third-order valence-electron chi connectivity index (χ3n) is 3.57. The lowest BCUT2D eigenvalue weighted by atomic mass is 10.0. The number of hydrogen-bond donors (Lipinski definition) is 1. The Kier molecular flexibility index (Phi) is 6.40. The van der Waals surface area contributed by atoms with Crippen molar-refractivity contribution in [2.24, 2.45) is 5.92 Å². The van der Waals surface area contributed by atoms with Crippen LogP contribution >= 0.6 is 0 Å². The van der Waals surface area contributed by atoms with Crippen molar-refractivity contribution < 1.29 is 19.1 Å². The van der Waals surface area contributed by atoms with Crippen LogP contribution in [0.5, 0.6) is 5.75 Å². The first-order chi connectivity index (χ1) is 11.1. The van der Waals surface area contributed by atoms with Crippen molar-refractivity contribution in [2.75, 3.05) is 26.3 Å². The van der Waals surface area contributed by atoms with Gasteiger partial charge in [-0.2, -0.15) is 0 Å². The Bertz CT molecular complexity index is 513. The molecule has 1 N–H and O–H groups in total. The van der Waals surface area contributed by atoms with Gasteiger partial charge in [-0.1, -0.05) is 32.0 Å². The third kappa shape index (κ3) is 5.56. The maximum atomic E-state index is 12.6. The van der Waals surface area contributed by atoms with Gasteiger partial charge >= 0.3 is 6.09 Å². The van der Waals surface area contributed by atoms with Crippen molar-refractivity contribution in [3.8, 4) is 5.75 Å². The van der Waals surface area contributed by atoms with E-state index in [1.54, 1.807) is 29.2 Å². The number of ether oxygens (including phenoxy) is 2. The van der Waals surface area contributed by atoms with Crippen LogP contribution < -0.4 is 10.1 Å². The van der Waals surface area contributed by atoms with E-state index in [9.17, 15) is 9.59 Å². The zero-order valence-corrected chi connectivity index (χ0v) is 13.7. The van der Waals surface area contributed by atoms with E-state index >= 15 is 0 Å². The van der Waals surface area contributed by atoms with Crippen molar-refractivity contribution in [2.45, 2.75) is 26.3 Å². The quantitative estimate of drug-likeness (QED) is 0.901. The first kappa shape index (κ1) is 17.3. The fraction of sp³-hybridized carbons (Fsp3) is 0.529. The second-order valence-electron chi connectivity index (χ2n) is 5.97. The molecule has 0 unspecified atom stereocenters. The first-order valence-corrected chi connectivity index (χ1v) is 7.96. The third-order valence-corrected chi connectivity index (χ3v) is 3.57. The van der Waals surface area contributed by atoms with E-state index in [1.165, 1.54) is 0 Å². The van der Waals surface area contributed by atoms with Crippen molar-refractivity contribution in [3.05, 3.63) is 30.3 Å². The second-order valence-corrected chi connectivity index (χ2v) is 5.97. The number of carbonyl (C=O) groups excluding carboxylic acids is 2. The van der Waals surface area contributed by atoms with E-state index in [-0.39, 0.29) is 11.8 Å². The summed E-state index contributed by atoms with van der Waals surface area (Å²) < 4.78 is 10.5. The average Bonchev–Trinajstić information content (AvgIpc) is 2.55. The second kappa shape index (κ2) is 8.53. The maximum absolute atomic E-state index is 12.6. The molecule has 0 spiro atoms. The summed E-state index contributed by atoms with van der Waals surface area (Å²) in [5.41, 5.74) is 0. The largest absolute Gasteiger partial charge is 0.413 e. The van der Waals surface area contributed by atoms with Gasteiger partial charge in [0.05, 0.1) is 13.2 Å². The van der Waals surface area contributed by atoms with Gasteiger partial charge in [0.1, 0.15) is 11.8 Å². The fourth-order valence-electron chi connectivity index (χ4n) is 2.46. The van der Waals surface area contributed by atoms with E-state index in [0.29, 0.717) is 38.5 Å². The summed E-state index contributed by atoms with van der Waals surface area (Å²) >= 11 is 0. The van der Waals surface area contributed by atoms with Crippen LogP contribution in [0.1, 0.15) is 20.3 Å². The SMILES string of the molecule is CC(C)C[C@@H](NC(=O)Oc1ccccc1)C(=O)N1CCOCC1. The zero-order chi connectivity index (χ0) is 16.7. The van der Waals surface area contributed by atoms with Gasteiger partial charge in [0.2, 0.25) is 5.91 Å². The monoisotopic (exact) mass is 320 g/mol. The molecule has 6 nitrogen and oxygen atoms in total. The van der Waals surface area contributed by atoms with Gasteiger partial charge in [0.25, 0.3) is 0 Å². The predicted octanol–water partition coefficient (Wildman–Crippen LogP) is 2.05. The number of para-hydroxylation sites is 1. The molecule has 1 atom stereocenters. The van der Waals surface area contributed by atoms with Crippen LogP contribution in [0.4, 0.5) is 4.79 Å². The number of amides is 2. The van der Waals surface area contributed by atoms with Crippen molar-refractivity contribution in [1.29, 1.82) is 0 Å². The molecule has 1 aromatic carbocycles. The van der Waals surface area contributed by atoms with Crippen molar-refractivity contribution >= 4 is 12.0 Å². The molecule has 0 aromatic heterocycles. The molecular formula is C17H24N2O4. The number of rotatable bonds is 5. The molecule has 1 aliphatic heterocycles. The first-order valence-electron chi connectivity index (χ1n) is 7.96. The minimum absolute atomic E-state index is 0.0768. The molecule has 0 aliphatic carbocycles. The van der Waals surface area contributed by atoms with Gasteiger partial charge in [-0.25, -0.2) is 4.79 Å².